The summed E-state index contributed by atoms with van der Waals surface area (Å²) in [6.45, 7) is 4.20. The van der Waals surface area contributed by atoms with Gasteiger partial charge in [-0.1, -0.05) is 0 Å². The molecule has 0 saturated carbocycles. The van der Waals surface area contributed by atoms with Crippen molar-refractivity contribution in [2.45, 2.75) is 31.8 Å². The molecule has 0 aliphatic carbocycles. The van der Waals surface area contributed by atoms with Gasteiger partial charge in [-0.2, -0.15) is 5.10 Å². The van der Waals surface area contributed by atoms with Gasteiger partial charge in [0.25, 0.3) is 0 Å². The number of hydrogen-bond acceptors (Lipinski definition) is 4. The number of aromatic nitrogens is 2. The van der Waals surface area contributed by atoms with Crippen LogP contribution in [0.4, 0.5) is 5.82 Å². The lowest BCUT2D eigenvalue weighted by molar-refractivity contribution is -0.119. The Hall–Kier alpha value is -1.40. The summed E-state index contributed by atoms with van der Waals surface area (Å²) in [5.74, 6) is 0.851. The quantitative estimate of drug-likeness (QED) is 0.822. The number of nitrogens with zero attached hydrogens (tertiary/aromatic N) is 4. The zero-order valence-electron chi connectivity index (χ0n) is 11.4. The average Bonchev–Trinajstić information content (AvgIpc) is 2.71. The normalized spacial score (nSPS) is 24.0. The standard InChI is InChI=1S/C13H21N5O/c1-16-12-9-10(3-7-17-5-2-6-17)15-18(12)8-4-11(14)13(16)19/h9,11H,2-8,14H2,1H3. The Balaban J connectivity index is 1.73. The lowest BCUT2D eigenvalue weighted by atomic mass is 10.2. The van der Waals surface area contributed by atoms with Crippen LogP contribution in [0.5, 0.6) is 0 Å². The summed E-state index contributed by atoms with van der Waals surface area (Å²) in [4.78, 5) is 16.1. The number of rotatable bonds is 3. The van der Waals surface area contributed by atoms with Crippen LogP contribution in [-0.4, -0.2) is 53.3 Å². The molecule has 2 aliphatic rings. The molecule has 1 fully saturated rings. The zero-order valence-corrected chi connectivity index (χ0v) is 11.4. The summed E-state index contributed by atoms with van der Waals surface area (Å²) < 4.78 is 1.91. The topological polar surface area (TPSA) is 67.4 Å². The number of amides is 1. The summed E-state index contributed by atoms with van der Waals surface area (Å²) in [5.41, 5.74) is 6.90. The Labute approximate surface area is 113 Å². The van der Waals surface area contributed by atoms with E-state index in [1.54, 1.807) is 11.9 Å². The first-order valence-corrected chi connectivity index (χ1v) is 6.97. The predicted molar refractivity (Wildman–Crippen MR) is 73.0 cm³/mol. The van der Waals surface area contributed by atoms with Crippen LogP contribution in [0.3, 0.4) is 0 Å². The van der Waals surface area contributed by atoms with Crippen LogP contribution in [0.25, 0.3) is 0 Å². The Morgan fingerprint density at radius 1 is 1.42 bits per heavy atom. The van der Waals surface area contributed by atoms with Crippen LogP contribution in [0.1, 0.15) is 18.5 Å². The van der Waals surface area contributed by atoms with Crippen LogP contribution in [-0.2, 0) is 17.8 Å². The van der Waals surface area contributed by atoms with Crippen LogP contribution in [0, 0.1) is 0 Å². The molecule has 0 aromatic carbocycles. The minimum Gasteiger partial charge on any atom is -0.320 e. The van der Waals surface area contributed by atoms with Crippen molar-refractivity contribution in [2.24, 2.45) is 5.73 Å². The summed E-state index contributed by atoms with van der Waals surface area (Å²) in [6.07, 6.45) is 2.92. The Kier molecular flexibility index (Phi) is 3.28. The van der Waals surface area contributed by atoms with Crippen molar-refractivity contribution >= 4 is 11.7 Å². The molecule has 1 amide bonds. The molecule has 1 aromatic rings. The van der Waals surface area contributed by atoms with Gasteiger partial charge in [0.1, 0.15) is 5.82 Å². The van der Waals surface area contributed by atoms with E-state index >= 15 is 0 Å². The van der Waals surface area contributed by atoms with Gasteiger partial charge < -0.3 is 10.6 Å². The lowest BCUT2D eigenvalue weighted by Crippen LogP contribution is -2.40. The highest BCUT2D eigenvalue weighted by Gasteiger charge is 2.26. The largest absolute Gasteiger partial charge is 0.320 e. The zero-order chi connectivity index (χ0) is 13.4. The Morgan fingerprint density at radius 3 is 2.89 bits per heavy atom. The van der Waals surface area contributed by atoms with Crippen molar-refractivity contribution in [3.05, 3.63) is 11.8 Å². The number of aryl methyl sites for hydroxylation is 1. The van der Waals surface area contributed by atoms with E-state index in [9.17, 15) is 4.79 Å². The number of fused-ring (bicyclic) bond motifs is 1. The molecule has 1 aromatic heterocycles. The molecule has 3 heterocycles. The third kappa shape index (κ3) is 2.37. The molecule has 2 aliphatic heterocycles. The van der Waals surface area contributed by atoms with Gasteiger partial charge in [0, 0.05) is 32.6 Å². The van der Waals surface area contributed by atoms with Crippen molar-refractivity contribution in [2.75, 3.05) is 31.6 Å². The van der Waals surface area contributed by atoms with Crippen molar-refractivity contribution < 1.29 is 4.79 Å². The maximum Gasteiger partial charge on any atom is 0.244 e. The summed E-state index contributed by atoms with van der Waals surface area (Å²) in [7, 11) is 1.78. The number of carbonyl (C=O) groups excluding carboxylic acids is 1. The molecular formula is C13H21N5O. The van der Waals surface area contributed by atoms with Gasteiger partial charge in [-0.25, -0.2) is 4.68 Å². The summed E-state index contributed by atoms with van der Waals surface area (Å²) in [6, 6.07) is 1.62. The molecule has 19 heavy (non-hydrogen) atoms. The highest BCUT2D eigenvalue weighted by Crippen LogP contribution is 2.21. The first-order chi connectivity index (χ1) is 9.15. The first-order valence-electron chi connectivity index (χ1n) is 6.97. The number of anilines is 1. The molecule has 0 radical (unpaired) electrons. The fraction of sp³-hybridized carbons (Fsp3) is 0.692. The van der Waals surface area contributed by atoms with E-state index < -0.39 is 6.04 Å². The fourth-order valence-electron chi connectivity index (χ4n) is 2.64. The van der Waals surface area contributed by atoms with Gasteiger partial charge in [-0.05, 0) is 25.9 Å². The predicted octanol–water partition coefficient (Wildman–Crippen LogP) is -0.175. The van der Waals surface area contributed by atoms with Gasteiger partial charge in [0.15, 0.2) is 0 Å². The molecule has 6 heteroatoms. The fourth-order valence-corrected chi connectivity index (χ4v) is 2.64. The second kappa shape index (κ2) is 4.94. The van der Waals surface area contributed by atoms with E-state index in [1.807, 2.05) is 10.7 Å². The van der Waals surface area contributed by atoms with E-state index in [0.717, 1.165) is 31.0 Å². The van der Waals surface area contributed by atoms with Gasteiger partial charge in [0.2, 0.25) is 5.91 Å². The molecule has 0 bridgehead atoms. The Morgan fingerprint density at radius 2 is 2.21 bits per heavy atom. The molecule has 3 rings (SSSR count). The summed E-state index contributed by atoms with van der Waals surface area (Å²) in [5, 5.41) is 4.60. The number of nitrogens with two attached hydrogens (primary N) is 1. The van der Waals surface area contributed by atoms with E-state index in [0.29, 0.717) is 6.42 Å². The molecular weight excluding hydrogens is 242 g/mol. The minimum atomic E-state index is -0.406. The maximum absolute atomic E-state index is 12.0. The SMILES string of the molecule is CN1C(=O)C(N)CCn2nc(CCN3CCC3)cc21. The highest BCUT2D eigenvalue weighted by molar-refractivity contribution is 5.96. The number of likely N-dealkylation sites (tertiary alicyclic amines) is 1. The minimum absolute atomic E-state index is 0.0204. The van der Waals surface area contributed by atoms with Crippen LogP contribution in [0.15, 0.2) is 6.07 Å². The molecule has 1 unspecified atom stereocenters. The molecule has 104 valence electrons. The van der Waals surface area contributed by atoms with E-state index in [-0.39, 0.29) is 5.91 Å². The Bertz CT molecular complexity index is 479. The number of likely N-dealkylation sites (N-methyl/N-ethyl adjacent to an activating group) is 1. The molecule has 1 saturated heterocycles. The van der Waals surface area contributed by atoms with E-state index in [2.05, 4.69) is 10.00 Å². The van der Waals surface area contributed by atoms with E-state index in [1.165, 1.54) is 19.5 Å². The van der Waals surface area contributed by atoms with Crippen molar-refractivity contribution in [3.63, 3.8) is 0 Å². The van der Waals surface area contributed by atoms with Crippen molar-refractivity contribution in [1.82, 2.24) is 14.7 Å². The average molecular weight is 263 g/mol. The van der Waals surface area contributed by atoms with Crippen LogP contribution in [0.2, 0.25) is 0 Å². The third-order valence-corrected chi connectivity index (χ3v) is 4.09. The molecule has 2 N–H and O–H groups in total. The van der Waals surface area contributed by atoms with Gasteiger partial charge in [-0.15, -0.1) is 0 Å². The van der Waals surface area contributed by atoms with Crippen LogP contribution >= 0.6 is 0 Å². The number of carbonyl (C=O) groups is 1. The highest BCUT2D eigenvalue weighted by atomic mass is 16.2. The van der Waals surface area contributed by atoms with Gasteiger partial charge in [-0.3, -0.25) is 9.69 Å². The third-order valence-electron chi connectivity index (χ3n) is 4.09. The second-order valence-corrected chi connectivity index (χ2v) is 5.45. The van der Waals surface area contributed by atoms with Crippen molar-refractivity contribution in [1.29, 1.82) is 0 Å². The maximum atomic E-state index is 12.0. The smallest absolute Gasteiger partial charge is 0.244 e. The molecule has 1 atom stereocenters. The summed E-state index contributed by atoms with van der Waals surface area (Å²) >= 11 is 0. The van der Waals surface area contributed by atoms with Crippen molar-refractivity contribution in [3.8, 4) is 0 Å². The lowest BCUT2D eigenvalue weighted by Gasteiger charge is -2.30. The first kappa shape index (κ1) is 12.6. The van der Waals surface area contributed by atoms with E-state index in [4.69, 9.17) is 5.73 Å². The van der Waals surface area contributed by atoms with Gasteiger partial charge in [0.05, 0.1) is 11.7 Å². The molecule has 6 nitrogen and oxygen atoms in total. The molecule has 0 spiro atoms. The van der Waals surface area contributed by atoms with Crippen LogP contribution < -0.4 is 10.6 Å². The monoisotopic (exact) mass is 263 g/mol. The second-order valence-electron chi connectivity index (χ2n) is 5.45. The number of hydrogen-bond donors (Lipinski definition) is 1. The van der Waals surface area contributed by atoms with Gasteiger partial charge >= 0.3 is 0 Å².